The van der Waals surface area contributed by atoms with Gasteiger partial charge in [0.25, 0.3) is 5.91 Å². The van der Waals surface area contributed by atoms with Gasteiger partial charge in [-0.05, 0) is 18.2 Å². The fourth-order valence-electron chi connectivity index (χ4n) is 1.62. The molecule has 5 heteroatoms. The number of carbonyl (C=O) groups excluding carboxylic acids is 1. The normalized spacial score (nSPS) is 10.2. The Labute approximate surface area is 111 Å². The third-order valence-corrected chi connectivity index (χ3v) is 2.58. The lowest BCUT2D eigenvalue weighted by molar-refractivity contribution is 0.102. The summed E-state index contributed by atoms with van der Waals surface area (Å²) in [5, 5.41) is 6.04. The van der Waals surface area contributed by atoms with Gasteiger partial charge in [0.1, 0.15) is 6.26 Å². The minimum absolute atomic E-state index is 0.199. The zero-order chi connectivity index (χ0) is 13.5. The summed E-state index contributed by atoms with van der Waals surface area (Å²) in [6, 6.07) is 9.14. The van der Waals surface area contributed by atoms with E-state index in [0.717, 1.165) is 11.4 Å². The molecule has 0 bridgehead atoms. The van der Waals surface area contributed by atoms with Crippen LogP contribution in [0.3, 0.4) is 0 Å². The van der Waals surface area contributed by atoms with E-state index in [4.69, 9.17) is 9.15 Å². The Morgan fingerprint density at radius 1 is 1.26 bits per heavy atom. The van der Waals surface area contributed by atoms with Crippen molar-refractivity contribution in [2.45, 2.75) is 0 Å². The quantitative estimate of drug-likeness (QED) is 0.784. The summed E-state index contributed by atoms with van der Waals surface area (Å²) in [6.45, 7) is 1.28. The van der Waals surface area contributed by atoms with Crippen LogP contribution in [0.25, 0.3) is 0 Å². The summed E-state index contributed by atoms with van der Waals surface area (Å²) in [5.74, 6) is -0.199. The molecule has 0 fully saturated rings. The molecule has 1 aromatic carbocycles. The van der Waals surface area contributed by atoms with Gasteiger partial charge in [-0.3, -0.25) is 4.79 Å². The minimum Gasteiger partial charge on any atom is -0.472 e. The number of nitrogens with one attached hydrogen (secondary N) is 2. The second-order valence-electron chi connectivity index (χ2n) is 3.93. The summed E-state index contributed by atoms with van der Waals surface area (Å²) in [6.07, 6.45) is 2.88. The van der Waals surface area contributed by atoms with Crippen LogP contribution in [-0.2, 0) is 4.74 Å². The molecular weight excluding hydrogens is 244 g/mol. The van der Waals surface area contributed by atoms with E-state index in [1.54, 1.807) is 13.2 Å². The first kappa shape index (κ1) is 13.2. The fraction of sp³-hybridized carbons (Fsp3) is 0.214. The van der Waals surface area contributed by atoms with Gasteiger partial charge in [-0.25, -0.2) is 0 Å². The third kappa shape index (κ3) is 3.59. The molecule has 0 aliphatic rings. The van der Waals surface area contributed by atoms with E-state index in [-0.39, 0.29) is 5.91 Å². The second kappa shape index (κ2) is 6.61. The van der Waals surface area contributed by atoms with E-state index in [2.05, 4.69) is 10.6 Å². The van der Waals surface area contributed by atoms with Gasteiger partial charge in [-0.15, -0.1) is 0 Å². The first-order valence-corrected chi connectivity index (χ1v) is 5.96. The van der Waals surface area contributed by atoms with Crippen molar-refractivity contribution >= 4 is 17.3 Å². The van der Waals surface area contributed by atoms with E-state index in [9.17, 15) is 4.79 Å². The summed E-state index contributed by atoms with van der Waals surface area (Å²) in [5.41, 5.74) is 2.08. The molecule has 0 saturated carbocycles. The van der Waals surface area contributed by atoms with E-state index in [0.29, 0.717) is 18.7 Å². The fourth-order valence-corrected chi connectivity index (χ4v) is 1.62. The first-order valence-electron chi connectivity index (χ1n) is 5.96. The zero-order valence-corrected chi connectivity index (χ0v) is 10.7. The molecule has 2 rings (SSSR count). The highest BCUT2D eigenvalue weighted by Gasteiger charge is 2.09. The lowest BCUT2D eigenvalue weighted by Gasteiger charge is -2.12. The zero-order valence-electron chi connectivity index (χ0n) is 10.7. The molecule has 2 N–H and O–H groups in total. The predicted octanol–water partition coefficient (Wildman–Crippen LogP) is 2.59. The van der Waals surface area contributed by atoms with E-state index < -0.39 is 0 Å². The van der Waals surface area contributed by atoms with Crippen LogP contribution in [0.15, 0.2) is 47.3 Å². The first-order chi connectivity index (χ1) is 9.31. The Bertz CT molecular complexity index is 523. The lowest BCUT2D eigenvalue weighted by Crippen LogP contribution is -2.14. The molecule has 0 unspecified atom stereocenters. The molecule has 0 atom stereocenters. The summed E-state index contributed by atoms with van der Waals surface area (Å²) < 4.78 is 9.87. The van der Waals surface area contributed by atoms with E-state index in [1.165, 1.54) is 12.5 Å². The summed E-state index contributed by atoms with van der Waals surface area (Å²) in [7, 11) is 1.65. The van der Waals surface area contributed by atoms with Crippen molar-refractivity contribution in [2.24, 2.45) is 0 Å². The molecule has 5 nitrogen and oxygen atoms in total. The lowest BCUT2D eigenvalue weighted by atomic mass is 10.2. The Morgan fingerprint density at radius 3 is 2.74 bits per heavy atom. The highest BCUT2D eigenvalue weighted by molar-refractivity contribution is 6.05. The molecule has 100 valence electrons. The van der Waals surface area contributed by atoms with Gasteiger partial charge >= 0.3 is 0 Å². The maximum atomic E-state index is 11.9. The maximum absolute atomic E-state index is 11.9. The largest absolute Gasteiger partial charge is 0.472 e. The standard InChI is InChI=1S/C14H16N2O3/c1-18-9-7-15-12-4-2-3-5-13(12)16-14(17)11-6-8-19-10-11/h2-6,8,10,15H,7,9H2,1H3,(H,16,17). The van der Waals surface area contributed by atoms with Gasteiger partial charge in [0, 0.05) is 13.7 Å². The highest BCUT2D eigenvalue weighted by atomic mass is 16.5. The van der Waals surface area contributed by atoms with Crippen LogP contribution < -0.4 is 10.6 Å². The number of carbonyl (C=O) groups is 1. The average Bonchev–Trinajstić information content (AvgIpc) is 2.95. The number of hydrogen-bond donors (Lipinski definition) is 2. The minimum atomic E-state index is -0.199. The monoisotopic (exact) mass is 260 g/mol. The summed E-state index contributed by atoms with van der Waals surface area (Å²) in [4.78, 5) is 11.9. The molecule has 0 spiro atoms. The number of rotatable bonds is 6. The van der Waals surface area contributed by atoms with E-state index >= 15 is 0 Å². The molecule has 1 amide bonds. The summed E-state index contributed by atoms with van der Waals surface area (Å²) >= 11 is 0. The number of para-hydroxylation sites is 2. The predicted molar refractivity (Wildman–Crippen MR) is 73.5 cm³/mol. The van der Waals surface area contributed by atoms with Gasteiger partial charge in [-0.2, -0.15) is 0 Å². The Kier molecular flexibility index (Phi) is 4.58. The van der Waals surface area contributed by atoms with Crippen molar-refractivity contribution in [3.05, 3.63) is 48.4 Å². The van der Waals surface area contributed by atoms with E-state index in [1.807, 2.05) is 24.3 Å². The van der Waals surface area contributed by atoms with Crippen molar-refractivity contribution in [3.63, 3.8) is 0 Å². The maximum Gasteiger partial charge on any atom is 0.258 e. The molecule has 0 aliphatic heterocycles. The molecule has 1 aromatic heterocycles. The molecule has 0 aliphatic carbocycles. The number of furan rings is 1. The second-order valence-corrected chi connectivity index (χ2v) is 3.93. The molecular formula is C14H16N2O3. The van der Waals surface area contributed by atoms with Crippen molar-refractivity contribution in [3.8, 4) is 0 Å². The van der Waals surface area contributed by atoms with Gasteiger partial charge in [0.05, 0.1) is 29.8 Å². The SMILES string of the molecule is COCCNc1ccccc1NC(=O)c1ccoc1. The molecule has 19 heavy (non-hydrogen) atoms. The van der Waals surface area contributed by atoms with Crippen molar-refractivity contribution in [1.82, 2.24) is 0 Å². The van der Waals surface area contributed by atoms with Crippen molar-refractivity contribution in [1.29, 1.82) is 0 Å². The molecule has 1 heterocycles. The smallest absolute Gasteiger partial charge is 0.258 e. The van der Waals surface area contributed by atoms with Crippen LogP contribution in [0, 0.1) is 0 Å². The van der Waals surface area contributed by atoms with Crippen molar-refractivity contribution in [2.75, 3.05) is 30.9 Å². The Balaban J connectivity index is 2.05. The number of ether oxygens (including phenoxy) is 1. The van der Waals surface area contributed by atoms with Gasteiger partial charge in [-0.1, -0.05) is 12.1 Å². The third-order valence-electron chi connectivity index (χ3n) is 2.58. The van der Waals surface area contributed by atoms with Crippen LogP contribution in [0.1, 0.15) is 10.4 Å². The molecule has 0 radical (unpaired) electrons. The number of methoxy groups -OCH3 is 1. The number of hydrogen-bond acceptors (Lipinski definition) is 4. The van der Waals surface area contributed by atoms with Crippen molar-refractivity contribution < 1.29 is 13.9 Å². The van der Waals surface area contributed by atoms with Crippen LogP contribution in [0.4, 0.5) is 11.4 Å². The van der Waals surface area contributed by atoms with Crippen LogP contribution >= 0.6 is 0 Å². The van der Waals surface area contributed by atoms with Crippen LogP contribution in [-0.4, -0.2) is 26.2 Å². The highest BCUT2D eigenvalue weighted by Crippen LogP contribution is 2.21. The molecule has 0 saturated heterocycles. The number of amides is 1. The van der Waals surface area contributed by atoms with Gasteiger partial charge < -0.3 is 19.8 Å². The Morgan fingerprint density at radius 2 is 2.05 bits per heavy atom. The average molecular weight is 260 g/mol. The Hall–Kier alpha value is -2.27. The van der Waals surface area contributed by atoms with Gasteiger partial charge in [0.15, 0.2) is 0 Å². The van der Waals surface area contributed by atoms with Gasteiger partial charge in [0.2, 0.25) is 0 Å². The topological polar surface area (TPSA) is 63.5 Å². The van der Waals surface area contributed by atoms with Crippen LogP contribution in [0.5, 0.6) is 0 Å². The molecule has 2 aromatic rings. The van der Waals surface area contributed by atoms with Crippen LogP contribution in [0.2, 0.25) is 0 Å². The number of anilines is 2. The number of benzene rings is 1.